The van der Waals surface area contributed by atoms with Crippen LogP contribution >= 0.6 is 0 Å². The molecule has 3 rings (SSSR count). The zero-order valence-corrected chi connectivity index (χ0v) is 8.44. The first-order chi connectivity index (χ1) is 7.26. The van der Waals surface area contributed by atoms with E-state index >= 15 is 0 Å². The molecule has 5 nitrogen and oxygen atoms in total. The molecule has 0 atom stereocenters. The Balaban J connectivity index is 2.37. The Morgan fingerprint density at radius 2 is 1.80 bits per heavy atom. The van der Waals surface area contributed by atoms with Crippen LogP contribution in [0.4, 0.5) is 0 Å². The second-order valence-corrected chi connectivity index (χ2v) is 3.33. The number of pyridine rings is 1. The summed E-state index contributed by atoms with van der Waals surface area (Å²) in [5.41, 5.74) is 2.46. The van der Waals surface area contributed by atoms with Gasteiger partial charge in [0.1, 0.15) is 0 Å². The summed E-state index contributed by atoms with van der Waals surface area (Å²) < 4.78 is 10.8. The summed E-state index contributed by atoms with van der Waals surface area (Å²) in [6, 6.07) is 1.78. The molecule has 0 bridgehead atoms. The van der Waals surface area contributed by atoms with Crippen molar-refractivity contribution in [1.82, 2.24) is 15.0 Å². The Morgan fingerprint density at radius 1 is 1.07 bits per heavy atom. The molecule has 3 aromatic rings. The van der Waals surface area contributed by atoms with Gasteiger partial charge in [0, 0.05) is 19.4 Å². The van der Waals surface area contributed by atoms with E-state index in [4.69, 9.17) is 8.83 Å². The average molecular weight is 203 g/mol. The first kappa shape index (κ1) is 8.40. The Labute approximate surface area is 85.1 Å². The molecule has 0 aliphatic rings. The van der Waals surface area contributed by atoms with Crippen LogP contribution in [0.15, 0.2) is 14.9 Å². The molecule has 0 aliphatic carbocycles. The molecule has 0 aromatic carbocycles. The highest BCUT2D eigenvalue weighted by Crippen LogP contribution is 2.20. The smallest absolute Gasteiger partial charge is 0.201 e. The van der Waals surface area contributed by atoms with E-state index < -0.39 is 0 Å². The molecule has 0 aliphatic heterocycles. The summed E-state index contributed by atoms with van der Waals surface area (Å²) in [4.78, 5) is 12.6. The van der Waals surface area contributed by atoms with E-state index in [2.05, 4.69) is 15.0 Å². The summed E-state index contributed by atoms with van der Waals surface area (Å²) in [5.74, 6) is 1.28. The van der Waals surface area contributed by atoms with Gasteiger partial charge in [0.15, 0.2) is 22.9 Å². The van der Waals surface area contributed by atoms with Crippen molar-refractivity contribution in [3.05, 3.63) is 17.8 Å². The number of oxazole rings is 2. The monoisotopic (exact) mass is 203 g/mol. The van der Waals surface area contributed by atoms with Gasteiger partial charge in [-0.1, -0.05) is 6.92 Å². The van der Waals surface area contributed by atoms with Crippen molar-refractivity contribution in [2.75, 3.05) is 0 Å². The van der Waals surface area contributed by atoms with Crippen LogP contribution < -0.4 is 0 Å². The predicted molar refractivity (Wildman–Crippen MR) is 53.5 cm³/mol. The van der Waals surface area contributed by atoms with Crippen LogP contribution in [0.25, 0.3) is 22.5 Å². The molecule has 0 N–H and O–H groups in total. The van der Waals surface area contributed by atoms with Crippen LogP contribution in [-0.2, 0) is 6.42 Å². The normalized spacial score (nSPS) is 11.6. The van der Waals surface area contributed by atoms with E-state index in [9.17, 15) is 0 Å². The second kappa shape index (κ2) is 2.79. The molecule has 0 spiro atoms. The average Bonchev–Trinajstić information content (AvgIpc) is 2.74. The van der Waals surface area contributed by atoms with Crippen molar-refractivity contribution >= 4 is 22.5 Å². The third kappa shape index (κ3) is 1.20. The first-order valence-electron chi connectivity index (χ1n) is 4.80. The molecule has 3 heterocycles. The van der Waals surface area contributed by atoms with Crippen molar-refractivity contribution in [3.63, 3.8) is 0 Å². The number of aromatic nitrogens is 3. The van der Waals surface area contributed by atoms with Gasteiger partial charge in [0.25, 0.3) is 0 Å². The van der Waals surface area contributed by atoms with Crippen LogP contribution in [-0.4, -0.2) is 15.0 Å². The topological polar surface area (TPSA) is 65.0 Å². The molecule has 0 radical (unpaired) electrons. The molecular formula is C10H9N3O2. The highest BCUT2D eigenvalue weighted by molar-refractivity contribution is 5.82. The third-order valence-electron chi connectivity index (χ3n) is 2.20. The number of fused-ring (bicyclic) bond motifs is 2. The zero-order valence-electron chi connectivity index (χ0n) is 8.44. The van der Waals surface area contributed by atoms with Crippen molar-refractivity contribution in [2.45, 2.75) is 20.3 Å². The third-order valence-corrected chi connectivity index (χ3v) is 2.20. The standard InChI is InChI=1S/C10H9N3O2/c1-3-8-12-10-7(15-8)4-6-9(13-10)11-5(2)14-6/h4H,3H2,1-2H3. The van der Waals surface area contributed by atoms with E-state index in [0.29, 0.717) is 34.2 Å². The summed E-state index contributed by atoms with van der Waals surface area (Å²) in [7, 11) is 0. The van der Waals surface area contributed by atoms with Gasteiger partial charge in [-0.05, 0) is 0 Å². The predicted octanol–water partition coefficient (Wildman–Crippen LogP) is 2.23. The molecule has 0 saturated heterocycles. The van der Waals surface area contributed by atoms with Crippen molar-refractivity contribution in [1.29, 1.82) is 0 Å². The fourth-order valence-corrected chi connectivity index (χ4v) is 1.52. The molecule has 15 heavy (non-hydrogen) atoms. The van der Waals surface area contributed by atoms with Crippen LogP contribution in [0.2, 0.25) is 0 Å². The molecule has 5 heteroatoms. The van der Waals surface area contributed by atoms with Crippen LogP contribution in [0.5, 0.6) is 0 Å². The Morgan fingerprint density at radius 3 is 2.60 bits per heavy atom. The quantitative estimate of drug-likeness (QED) is 0.606. The number of rotatable bonds is 1. The molecule has 76 valence electrons. The van der Waals surface area contributed by atoms with Gasteiger partial charge in [-0.2, -0.15) is 9.97 Å². The minimum Gasteiger partial charge on any atom is -0.439 e. The fraction of sp³-hybridized carbons (Fsp3) is 0.300. The molecule has 3 aromatic heterocycles. The van der Waals surface area contributed by atoms with E-state index in [1.54, 1.807) is 13.0 Å². The Kier molecular flexibility index (Phi) is 1.56. The van der Waals surface area contributed by atoms with Crippen LogP contribution in [0, 0.1) is 6.92 Å². The van der Waals surface area contributed by atoms with Gasteiger partial charge in [0.05, 0.1) is 0 Å². The van der Waals surface area contributed by atoms with Crippen molar-refractivity contribution in [3.8, 4) is 0 Å². The van der Waals surface area contributed by atoms with Gasteiger partial charge in [-0.3, -0.25) is 0 Å². The van der Waals surface area contributed by atoms with Gasteiger partial charge in [-0.25, -0.2) is 4.98 Å². The highest BCUT2D eigenvalue weighted by Gasteiger charge is 2.10. The SMILES string of the molecule is CCc1nc2nc3nc(C)oc3cc2o1. The lowest BCUT2D eigenvalue weighted by Gasteiger charge is -1.84. The summed E-state index contributed by atoms with van der Waals surface area (Å²) in [5, 5.41) is 0. The maximum Gasteiger partial charge on any atom is 0.201 e. The van der Waals surface area contributed by atoms with E-state index in [-0.39, 0.29) is 0 Å². The molecule has 0 fully saturated rings. The number of hydrogen-bond acceptors (Lipinski definition) is 5. The van der Waals surface area contributed by atoms with Gasteiger partial charge < -0.3 is 8.83 Å². The van der Waals surface area contributed by atoms with Gasteiger partial charge in [0.2, 0.25) is 11.3 Å². The molecule has 0 amide bonds. The van der Waals surface area contributed by atoms with Crippen molar-refractivity contribution < 1.29 is 8.83 Å². The minimum absolute atomic E-state index is 0.580. The maximum absolute atomic E-state index is 5.47. The second-order valence-electron chi connectivity index (χ2n) is 3.33. The molecule has 0 saturated carbocycles. The lowest BCUT2D eigenvalue weighted by molar-refractivity contribution is 0.535. The first-order valence-corrected chi connectivity index (χ1v) is 4.80. The van der Waals surface area contributed by atoms with Crippen LogP contribution in [0.3, 0.4) is 0 Å². The lowest BCUT2D eigenvalue weighted by atomic mass is 10.4. The minimum atomic E-state index is 0.580. The lowest BCUT2D eigenvalue weighted by Crippen LogP contribution is -1.80. The highest BCUT2D eigenvalue weighted by atomic mass is 16.4. The number of hydrogen-bond donors (Lipinski definition) is 0. The molecule has 0 unspecified atom stereocenters. The molecular weight excluding hydrogens is 194 g/mol. The fourth-order valence-electron chi connectivity index (χ4n) is 1.52. The van der Waals surface area contributed by atoms with Crippen LogP contribution in [0.1, 0.15) is 18.7 Å². The maximum atomic E-state index is 5.47. The van der Waals surface area contributed by atoms with Gasteiger partial charge in [-0.15, -0.1) is 0 Å². The summed E-state index contributed by atoms with van der Waals surface area (Å²) in [6.45, 7) is 3.77. The van der Waals surface area contributed by atoms with E-state index in [1.165, 1.54) is 0 Å². The Hall–Kier alpha value is -1.91. The largest absolute Gasteiger partial charge is 0.439 e. The van der Waals surface area contributed by atoms with Crippen molar-refractivity contribution in [2.24, 2.45) is 0 Å². The van der Waals surface area contributed by atoms with Gasteiger partial charge >= 0.3 is 0 Å². The number of nitrogens with zero attached hydrogens (tertiary/aromatic N) is 3. The van der Waals surface area contributed by atoms with E-state index in [0.717, 1.165) is 6.42 Å². The zero-order chi connectivity index (χ0) is 10.4. The Bertz CT molecular complexity index is 587. The summed E-state index contributed by atoms with van der Waals surface area (Å²) >= 11 is 0. The number of aryl methyl sites for hydroxylation is 2. The summed E-state index contributed by atoms with van der Waals surface area (Å²) in [6.07, 6.45) is 0.754. The van der Waals surface area contributed by atoms with E-state index in [1.807, 2.05) is 6.92 Å².